The van der Waals surface area contributed by atoms with Crippen LogP contribution < -0.4 is 10.6 Å². The van der Waals surface area contributed by atoms with Gasteiger partial charge in [-0.05, 0) is 47.7 Å². The van der Waals surface area contributed by atoms with Crippen LogP contribution in [0.3, 0.4) is 0 Å². The van der Waals surface area contributed by atoms with E-state index in [1.54, 1.807) is 0 Å². The highest BCUT2D eigenvalue weighted by Gasteiger charge is 2.31. The number of aliphatic hydroxyl groups is 1. The molecule has 2 amide bonds. The van der Waals surface area contributed by atoms with Crippen LogP contribution in [-0.2, 0) is 32.4 Å². The second-order valence-corrected chi connectivity index (χ2v) is 12.2. The van der Waals surface area contributed by atoms with Crippen molar-refractivity contribution in [2.24, 2.45) is 5.92 Å². The van der Waals surface area contributed by atoms with Gasteiger partial charge >= 0.3 is 6.09 Å². The fourth-order valence-corrected chi connectivity index (χ4v) is 5.95. The van der Waals surface area contributed by atoms with Gasteiger partial charge in [-0.1, -0.05) is 74.5 Å². The second-order valence-electron chi connectivity index (χ2n) is 10.3. The molecule has 0 saturated heterocycles. The quantitative estimate of drug-likeness (QED) is 0.262. The Morgan fingerprint density at radius 2 is 1.46 bits per heavy atom. The third kappa shape index (κ3) is 10.3. The molecule has 41 heavy (non-hydrogen) atoms. The summed E-state index contributed by atoms with van der Waals surface area (Å²) >= 11 is 0. The molecule has 0 aliphatic heterocycles. The van der Waals surface area contributed by atoms with Gasteiger partial charge in [-0.25, -0.2) is 13.2 Å². The number of amides is 2. The lowest BCUT2D eigenvalue weighted by molar-refractivity contribution is -0.114. The van der Waals surface area contributed by atoms with Gasteiger partial charge in [-0.2, -0.15) is 4.31 Å². The van der Waals surface area contributed by atoms with Crippen molar-refractivity contribution in [3.05, 3.63) is 96.1 Å². The highest BCUT2D eigenvalue weighted by molar-refractivity contribution is 7.89. The van der Waals surface area contributed by atoms with Gasteiger partial charge in [0, 0.05) is 32.1 Å². The first-order chi connectivity index (χ1) is 19.5. The van der Waals surface area contributed by atoms with Crippen molar-refractivity contribution in [1.82, 2.24) is 9.62 Å². The summed E-state index contributed by atoms with van der Waals surface area (Å²) in [6.45, 7) is 5.22. The predicted molar refractivity (Wildman–Crippen MR) is 159 cm³/mol. The molecule has 3 aromatic rings. The topological polar surface area (TPSA) is 125 Å². The molecule has 2 atom stereocenters. The number of hydrogen-bond donors (Lipinski definition) is 3. The number of carbonyl (C=O) groups is 2. The number of hydrogen-bond acceptors (Lipinski definition) is 6. The first kappa shape index (κ1) is 31.8. The van der Waals surface area contributed by atoms with Gasteiger partial charge in [0.25, 0.3) is 0 Å². The van der Waals surface area contributed by atoms with Crippen molar-refractivity contribution in [3.8, 4) is 0 Å². The van der Waals surface area contributed by atoms with E-state index in [0.717, 1.165) is 11.1 Å². The van der Waals surface area contributed by atoms with Crippen molar-refractivity contribution >= 4 is 27.7 Å². The van der Waals surface area contributed by atoms with Gasteiger partial charge in [-0.3, -0.25) is 4.79 Å². The number of benzene rings is 3. The molecule has 0 unspecified atom stereocenters. The van der Waals surface area contributed by atoms with Crippen molar-refractivity contribution in [2.45, 2.75) is 50.7 Å². The number of ether oxygens (including phenoxy) is 1. The van der Waals surface area contributed by atoms with Crippen molar-refractivity contribution in [1.29, 1.82) is 0 Å². The van der Waals surface area contributed by atoms with Gasteiger partial charge in [0.05, 0.1) is 23.6 Å². The lowest BCUT2D eigenvalue weighted by Gasteiger charge is -2.30. The van der Waals surface area contributed by atoms with Crippen LogP contribution in [0.2, 0.25) is 0 Å². The maximum Gasteiger partial charge on any atom is 0.407 e. The van der Waals surface area contributed by atoms with Crippen LogP contribution in [0.15, 0.2) is 89.8 Å². The Labute approximate surface area is 242 Å². The van der Waals surface area contributed by atoms with Crippen molar-refractivity contribution in [2.75, 3.05) is 25.0 Å². The minimum atomic E-state index is -4.00. The lowest BCUT2D eigenvalue weighted by Crippen LogP contribution is -2.51. The van der Waals surface area contributed by atoms with Crippen LogP contribution in [0.1, 0.15) is 31.9 Å². The molecule has 220 valence electrons. The van der Waals surface area contributed by atoms with Crippen molar-refractivity contribution < 1.29 is 27.9 Å². The maximum absolute atomic E-state index is 13.6. The minimum absolute atomic E-state index is 0.0286. The average Bonchev–Trinajstić information content (AvgIpc) is 2.93. The first-order valence-electron chi connectivity index (χ1n) is 13.6. The number of carbonyl (C=O) groups excluding carboxylic acids is 2. The molecule has 0 bridgehead atoms. The number of aliphatic hydroxyl groups excluding tert-OH is 1. The Hall–Kier alpha value is -3.73. The van der Waals surface area contributed by atoms with Crippen LogP contribution in [-0.4, -0.2) is 61.7 Å². The molecular weight excluding hydrogens is 542 g/mol. The fourth-order valence-electron chi connectivity index (χ4n) is 4.33. The summed E-state index contributed by atoms with van der Waals surface area (Å²) in [5.41, 5.74) is 2.37. The van der Waals surface area contributed by atoms with E-state index in [0.29, 0.717) is 12.1 Å². The van der Waals surface area contributed by atoms with Gasteiger partial charge in [0.15, 0.2) is 0 Å². The molecule has 0 heterocycles. The maximum atomic E-state index is 13.6. The summed E-state index contributed by atoms with van der Waals surface area (Å²) < 4.78 is 33.9. The largest absolute Gasteiger partial charge is 0.449 e. The van der Waals surface area contributed by atoms with Gasteiger partial charge in [0.2, 0.25) is 15.9 Å². The van der Waals surface area contributed by atoms with E-state index in [2.05, 4.69) is 10.6 Å². The van der Waals surface area contributed by atoms with E-state index in [1.807, 2.05) is 74.5 Å². The Bertz CT molecular complexity index is 1350. The molecule has 3 rings (SSSR count). The summed E-state index contributed by atoms with van der Waals surface area (Å²) in [6, 6.07) is 24.0. The Kier molecular flexibility index (Phi) is 11.9. The second kappa shape index (κ2) is 15.3. The molecule has 0 radical (unpaired) electrons. The molecule has 9 nitrogen and oxygen atoms in total. The zero-order valence-corrected chi connectivity index (χ0v) is 24.5. The Morgan fingerprint density at radius 3 is 2.02 bits per heavy atom. The lowest BCUT2D eigenvalue weighted by atomic mass is 10.0. The molecule has 0 aliphatic rings. The van der Waals surface area contributed by atoms with E-state index in [-0.39, 0.29) is 42.8 Å². The third-order valence-corrected chi connectivity index (χ3v) is 8.15. The summed E-state index contributed by atoms with van der Waals surface area (Å²) in [7, 11) is -4.00. The summed E-state index contributed by atoms with van der Waals surface area (Å²) in [6.07, 6.45) is -1.10. The van der Waals surface area contributed by atoms with Crippen LogP contribution in [0.4, 0.5) is 10.5 Å². The molecule has 0 aromatic heterocycles. The summed E-state index contributed by atoms with van der Waals surface area (Å²) in [5.74, 6) is -0.292. The molecule has 0 fully saturated rings. The molecule has 10 heteroatoms. The van der Waals surface area contributed by atoms with E-state index >= 15 is 0 Å². The van der Waals surface area contributed by atoms with Gasteiger partial charge in [0.1, 0.15) is 0 Å². The Balaban J connectivity index is 1.76. The smallest absolute Gasteiger partial charge is 0.407 e. The van der Waals surface area contributed by atoms with E-state index in [1.165, 1.54) is 35.5 Å². The minimum Gasteiger partial charge on any atom is -0.449 e. The normalized spacial score (nSPS) is 13.0. The SMILES string of the molecule is CC(=O)Nc1ccc(S(=O)(=O)N(CC(C)C)C[C@@H](O)[C@H](Cc2ccccc2)NC(=O)OCCc2ccccc2)cc1. The average molecular weight is 582 g/mol. The zero-order valence-electron chi connectivity index (χ0n) is 23.7. The number of rotatable bonds is 14. The van der Waals surface area contributed by atoms with E-state index < -0.39 is 28.3 Å². The van der Waals surface area contributed by atoms with Crippen LogP contribution in [0.5, 0.6) is 0 Å². The third-order valence-electron chi connectivity index (χ3n) is 6.30. The fraction of sp³-hybridized carbons (Fsp3) is 0.355. The van der Waals surface area contributed by atoms with Gasteiger partial charge < -0.3 is 20.5 Å². The Morgan fingerprint density at radius 1 is 0.878 bits per heavy atom. The van der Waals surface area contributed by atoms with E-state index in [9.17, 15) is 23.1 Å². The number of alkyl carbamates (subject to hydrolysis) is 1. The first-order valence-corrected chi connectivity index (χ1v) is 15.1. The van der Waals surface area contributed by atoms with Crippen LogP contribution >= 0.6 is 0 Å². The highest BCUT2D eigenvalue weighted by Crippen LogP contribution is 2.21. The molecular formula is C31H39N3O6S. The van der Waals surface area contributed by atoms with Crippen LogP contribution in [0.25, 0.3) is 0 Å². The molecule has 0 saturated carbocycles. The van der Waals surface area contributed by atoms with Crippen molar-refractivity contribution in [3.63, 3.8) is 0 Å². The molecule has 3 aromatic carbocycles. The number of sulfonamides is 1. The number of nitrogens with zero attached hydrogens (tertiary/aromatic N) is 1. The highest BCUT2D eigenvalue weighted by atomic mass is 32.2. The summed E-state index contributed by atoms with van der Waals surface area (Å²) in [5, 5.41) is 16.7. The number of anilines is 1. The standard InChI is InChI=1S/C31H39N3O6S/c1-23(2)21-34(41(38,39)28-16-14-27(15-17-28)32-24(3)35)22-30(36)29(20-26-12-8-5-9-13-26)33-31(37)40-19-18-25-10-6-4-7-11-25/h4-17,23,29-30,36H,18-22H2,1-3H3,(H,32,35)(H,33,37)/t29-,30+/m0/s1. The molecule has 0 spiro atoms. The van der Waals surface area contributed by atoms with Crippen LogP contribution in [0, 0.1) is 5.92 Å². The predicted octanol–water partition coefficient (Wildman–Crippen LogP) is 4.23. The number of nitrogens with one attached hydrogen (secondary N) is 2. The monoisotopic (exact) mass is 581 g/mol. The summed E-state index contributed by atoms with van der Waals surface area (Å²) in [4.78, 5) is 24.1. The van der Waals surface area contributed by atoms with E-state index in [4.69, 9.17) is 4.74 Å². The molecule has 3 N–H and O–H groups in total. The zero-order chi connectivity index (χ0) is 29.8. The van der Waals surface area contributed by atoms with Gasteiger partial charge in [-0.15, -0.1) is 0 Å². The molecule has 0 aliphatic carbocycles.